The van der Waals surface area contributed by atoms with Crippen molar-refractivity contribution >= 4 is 18.1 Å². The van der Waals surface area contributed by atoms with Crippen LogP contribution in [0.2, 0.25) is 0 Å². The molecule has 2 N–H and O–H groups in total. The highest BCUT2D eigenvalue weighted by Crippen LogP contribution is 2.11. The molecule has 0 atom stereocenters. The number of rotatable bonds is 3. The predicted octanol–water partition coefficient (Wildman–Crippen LogP) is 1.75. The van der Waals surface area contributed by atoms with Crippen molar-refractivity contribution in [2.45, 2.75) is 0 Å². The first kappa shape index (κ1) is 11.0. The summed E-state index contributed by atoms with van der Waals surface area (Å²) in [5.41, 5.74) is 7.27. The van der Waals surface area contributed by atoms with Crippen molar-refractivity contribution in [3.63, 3.8) is 0 Å². The fourth-order valence-electron chi connectivity index (χ4n) is 1.44. The Morgan fingerprint density at radius 3 is 2.71 bits per heavy atom. The first-order valence-electron chi connectivity index (χ1n) is 5.10. The smallest absolute Gasteiger partial charge is 0.249 e. The number of aromatic nitrogens is 2. The Kier molecular flexibility index (Phi) is 3.25. The third-order valence-electron chi connectivity index (χ3n) is 2.24. The summed E-state index contributed by atoms with van der Waals surface area (Å²) in [6, 6.07) is 7.15. The largest absolute Gasteiger partial charge is 0.366 e. The molecule has 0 aliphatic carbocycles. The minimum atomic E-state index is -0.440. The van der Waals surface area contributed by atoms with Gasteiger partial charge in [-0.1, -0.05) is 24.3 Å². The summed E-state index contributed by atoms with van der Waals surface area (Å²) in [6.07, 6.45) is 8.44. The number of nitrogens with two attached hydrogens (primary N) is 1. The summed E-state index contributed by atoms with van der Waals surface area (Å²) in [5, 5.41) is 0. The molecule has 17 heavy (non-hydrogen) atoms. The van der Waals surface area contributed by atoms with Crippen molar-refractivity contribution in [2.75, 3.05) is 0 Å². The molecule has 84 valence electrons. The summed E-state index contributed by atoms with van der Waals surface area (Å²) in [6.45, 7) is 0. The van der Waals surface area contributed by atoms with Gasteiger partial charge >= 0.3 is 0 Å². The van der Waals surface area contributed by atoms with E-state index in [1.54, 1.807) is 42.9 Å². The average molecular weight is 225 g/mol. The van der Waals surface area contributed by atoms with E-state index in [9.17, 15) is 4.79 Å². The van der Waals surface area contributed by atoms with Gasteiger partial charge in [-0.15, -0.1) is 0 Å². The second-order valence-electron chi connectivity index (χ2n) is 3.42. The Bertz CT molecular complexity index is 550. The molecule has 0 aliphatic rings. The Balaban J connectivity index is 2.30. The number of primary amides is 1. The molecule has 1 heterocycles. The number of amides is 1. The molecule has 0 spiro atoms. The molecule has 0 aliphatic heterocycles. The van der Waals surface area contributed by atoms with Crippen LogP contribution in [0.1, 0.15) is 21.6 Å². The van der Waals surface area contributed by atoms with E-state index < -0.39 is 5.91 Å². The lowest BCUT2D eigenvalue weighted by molar-refractivity contribution is 0.1000. The first-order chi connectivity index (χ1) is 8.27. The Morgan fingerprint density at radius 1 is 1.18 bits per heavy atom. The Hall–Kier alpha value is -2.49. The first-order valence-corrected chi connectivity index (χ1v) is 5.10. The molecule has 0 saturated heterocycles. The Morgan fingerprint density at radius 2 is 2.00 bits per heavy atom. The predicted molar refractivity (Wildman–Crippen MR) is 65.9 cm³/mol. The zero-order valence-electron chi connectivity index (χ0n) is 9.08. The van der Waals surface area contributed by atoms with Crippen molar-refractivity contribution in [1.82, 2.24) is 9.97 Å². The van der Waals surface area contributed by atoms with Crippen LogP contribution in [-0.2, 0) is 0 Å². The number of hydrogen-bond acceptors (Lipinski definition) is 3. The van der Waals surface area contributed by atoms with Gasteiger partial charge in [0.2, 0.25) is 5.91 Å². The number of benzene rings is 1. The molecule has 0 bridgehead atoms. The maximum atomic E-state index is 11.2. The van der Waals surface area contributed by atoms with Crippen LogP contribution in [0.3, 0.4) is 0 Å². The van der Waals surface area contributed by atoms with E-state index in [1.807, 2.05) is 12.1 Å². The van der Waals surface area contributed by atoms with Crippen LogP contribution in [-0.4, -0.2) is 15.9 Å². The molecule has 1 aromatic carbocycles. The monoisotopic (exact) mass is 225 g/mol. The SMILES string of the molecule is NC(=O)c1ccccc1/C=C/c1cnccn1. The van der Waals surface area contributed by atoms with Gasteiger partial charge < -0.3 is 5.73 Å². The highest BCUT2D eigenvalue weighted by molar-refractivity contribution is 5.97. The second kappa shape index (κ2) is 5.03. The van der Waals surface area contributed by atoms with Gasteiger partial charge in [0.1, 0.15) is 0 Å². The van der Waals surface area contributed by atoms with Crippen LogP contribution in [0.4, 0.5) is 0 Å². The van der Waals surface area contributed by atoms with E-state index in [2.05, 4.69) is 9.97 Å². The quantitative estimate of drug-likeness (QED) is 0.865. The molecule has 4 nitrogen and oxygen atoms in total. The van der Waals surface area contributed by atoms with E-state index in [1.165, 1.54) is 0 Å². The molecular formula is C13H11N3O. The van der Waals surface area contributed by atoms with Gasteiger partial charge in [-0.25, -0.2) is 0 Å². The number of nitrogens with zero attached hydrogens (tertiary/aromatic N) is 2. The molecule has 2 rings (SSSR count). The van der Waals surface area contributed by atoms with Crippen LogP contribution >= 0.6 is 0 Å². The standard InChI is InChI=1S/C13H11N3O/c14-13(17)12-4-2-1-3-10(12)5-6-11-9-15-7-8-16-11/h1-9H,(H2,14,17)/b6-5+. The molecule has 1 aromatic heterocycles. The van der Waals surface area contributed by atoms with Crippen LogP contribution in [0.15, 0.2) is 42.9 Å². The van der Waals surface area contributed by atoms with Gasteiger partial charge in [0.15, 0.2) is 0 Å². The molecule has 0 fully saturated rings. The molecule has 0 saturated carbocycles. The summed E-state index contributed by atoms with van der Waals surface area (Å²) in [7, 11) is 0. The fraction of sp³-hybridized carbons (Fsp3) is 0. The summed E-state index contributed by atoms with van der Waals surface area (Å²) >= 11 is 0. The van der Waals surface area contributed by atoms with Gasteiger partial charge in [0.05, 0.1) is 11.9 Å². The maximum Gasteiger partial charge on any atom is 0.249 e. The average Bonchev–Trinajstić information content (AvgIpc) is 2.38. The van der Waals surface area contributed by atoms with Crippen LogP contribution in [0.25, 0.3) is 12.2 Å². The zero-order valence-corrected chi connectivity index (χ0v) is 9.08. The minimum Gasteiger partial charge on any atom is -0.366 e. The second-order valence-corrected chi connectivity index (χ2v) is 3.42. The summed E-state index contributed by atoms with van der Waals surface area (Å²) in [5.74, 6) is -0.440. The third kappa shape index (κ3) is 2.75. The van der Waals surface area contributed by atoms with Gasteiger partial charge in [0, 0.05) is 18.0 Å². The van der Waals surface area contributed by atoms with Crippen molar-refractivity contribution in [3.05, 3.63) is 59.7 Å². The lowest BCUT2D eigenvalue weighted by Gasteiger charge is -2.00. The topological polar surface area (TPSA) is 68.9 Å². The number of carbonyl (C=O) groups is 1. The lowest BCUT2D eigenvalue weighted by atomic mass is 10.1. The van der Waals surface area contributed by atoms with E-state index in [0.29, 0.717) is 5.56 Å². The van der Waals surface area contributed by atoms with Crippen molar-refractivity contribution in [3.8, 4) is 0 Å². The summed E-state index contributed by atoms with van der Waals surface area (Å²) < 4.78 is 0. The highest BCUT2D eigenvalue weighted by atomic mass is 16.1. The minimum absolute atomic E-state index is 0.440. The molecular weight excluding hydrogens is 214 g/mol. The molecule has 1 amide bonds. The van der Waals surface area contributed by atoms with Crippen LogP contribution in [0.5, 0.6) is 0 Å². The normalized spacial score (nSPS) is 10.6. The van der Waals surface area contributed by atoms with E-state index in [-0.39, 0.29) is 0 Å². The zero-order chi connectivity index (χ0) is 12.1. The number of carbonyl (C=O) groups excluding carboxylic acids is 1. The van der Waals surface area contributed by atoms with Gasteiger partial charge in [-0.3, -0.25) is 14.8 Å². The van der Waals surface area contributed by atoms with Crippen LogP contribution in [0, 0.1) is 0 Å². The number of hydrogen-bond donors (Lipinski definition) is 1. The maximum absolute atomic E-state index is 11.2. The highest BCUT2D eigenvalue weighted by Gasteiger charge is 2.03. The van der Waals surface area contributed by atoms with E-state index in [4.69, 9.17) is 5.73 Å². The molecule has 4 heteroatoms. The fourth-order valence-corrected chi connectivity index (χ4v) is 1.44. The van der Waals surface area contributed by atoms with Gasteiger partial charge in [-0.2, -0.15) is 0 Å². The van der Waals surface area contributed by atoms with E-state index >= 15 is 0 Å². The van der Waals surface area contributed by atoms with Crippen LogP contribution < -0.4 is 5.73 Å². The van der Waals surface area contributed by atoms with Gasteiger partial charge in [0.25, 0.3) is 0 Å². The van der Waals surface area contributed by atoms with E-state index in [0.717, 1.165) is 11.3 Å². The Labute approximate surface area is 98.8 Å². The molecule has 0 unspecified atom stereocenters. The van der Waals surface area contributed by atoms with Crippen molar-refractivity contribution in [1.29, 1.82) is 0 Å². The van der Waals surface area contributed by atoms with Crippen molar-refractivity contribution in [2.24, 2.45) is 5.73 Å². The molecule has 2 aromatic rings. The van der Waals surface area contributed by atoms with Gasteiger partial charge in [-0.05, 0) is 17.7 Å². The summed E-state index contributed by atoms with van der Waals surface area (Å²) in [4.78, 5) is 19.2. The third-order valence-corrected chi connectivity index (χ3v) is 2.24. The van der Waals surface area contributed by atoms with Crippen molar-refractivity contribution < 1.29 is 4.79 Å². The molecule has 0 radical (unpaired) electrons. The lowest BCUT2D eigenvalue weighted by Crippen LogP contribution is -2.12.